The molecule has 2 nitrogen and oxygen atoms in total. The van der Waals surface area contributed by atoms with Gasteiger partial charge >= 0.3 is 0 Å². The quantitative estimate of drug-likeness (QED) is 0.767. The highest BCUT2D eigenvalue weighted by atomic mass is 32.2. The first kappa shape index (κ1) is 15.6. The fraction of sp³-hybridized carbons (Fsp3) is 0.278. The standard InChI is InChI=1S/C18H20O2S/c1-14(2)13-21-18(19)16-10-6-7-11-17(16)20-12-15-8-4-3-5-9-15/h3-11,14H,12-13H2,1-2H3. The van der Waals surface area contributed by atoms with Gasteiger partial charge in [0.1, 0.15) is 12.4 Å². The van der Waals surface area contributed by atoms with Crippen molar-refractivity contribution < 1.29 is 9.53 Å². The van der Waals surface area contributed by atoms with Crippen molar-refractivity contribution in [1.82, 2.24) is 0 Å². The second-order valence-electron chi connectivity index (χ2n) is 5.26. The van der Waals surface area contributed by atoms with Crippen molar-refractivity contribution >= 4 is 16.9 Å². The van der Waals surface area contributed by atoms with Gasteiger partial charge in [0.05, 0.1) is 5.56 Å². The van der Waals surface area contributed by atoms with E-state index in [1.165, 1.54) is 11.8 Å². The Morgan fingerprint density at radius 2 is 1.71 bits per heavy atom. The lowest BCUT2D eigenvalue weighted by atomic mass is 10.2. The number of benzene rings is 2. The number of thioether (sulfide) groups is 1. The highest BCUT2D eigenvalue weighted by Crippen LogP contribution is 2.25. The number of carbonyl (C=O) groups is 1. The first-order valence-electron chi connectivity index (χ1n) is 7.09. The third-order valence-electron chi connectivity index (χ3n) is 2.89. The molecule has 0 radical (unpaired) electrons. The minimum absolute atomic E-state index is 0.0763. The molecule has 0 atom stereocenters. The van der Waals surface area contributed by atoms with E-state index in [0.717, 1.165) is 11.3 Å². The summed E-state index contributed by atoms with van der Waals surface area (Å²) in [5.74, 6) is 1.98. The summed E-state index contributed by atoms with van der Waals surface area (Å²) in [7, 11) is 0. The number of rotatable bonds is 6. The Bertz CT molecular complexity index is 579. The van der Waals surface area contributed by atoms with Crippen LogP contribution in [0.2, 0.25) is 0 Å². The molecule has 0 spiro atoms. The zero-order valence-electron chi connectivity index (χ0n) is 12.4. The minimum atomic E-state index is 0.0763. The number of hydrogen-bond acceptors (Lipinski definition) is 3. The van der Waals surface area contributed by atoms with Gasteiger partial charge in [0.25, 0.3) is 0 Å². The molecular formula is C18H20O2S. The molecule has 0 aliphatic carbocycles. The molecule has 0 aliphatic heterocycles. The molecule has 0 unspecified atom stereocenters. The third-order valence-corrected chi connectivity index (χ3v) is 4.21. The Balaban J connectivity index is 2.04. The van der Waals surface area contributed by atoms with Gasteiger partial charge in [-0.15, -0.1) is 0 Å². The molecule has 2 aromatic carbocycles. The zero-order valence-corrected chi connectivity index (χ0v) is 13.2. The van der Waals surface area contributed by atoms with Gasteiger partial charge in [-0.3, -0.25) is 4.79 Å². The second kappa shape index (κ2) is 7.89. The van der Waals surface area contributed by atoms with Crippen molar-refractivity contribution in [2.45, 2.75) is 20.5 Å². The van der Waals surface area contributed by atoms with E-state index in [-0.39, 0.29) is 5.12 Å². The van der Waals surface area contributed by atoms with Crippen LogP contribution in [-0.2, 0) is 6.61 Å². The van der Waals surface area contributed by atoms with Gasteiger partial charge in [-0.1, -0.05) is 68.1 Å². The van der Waals surface area contributed by atoms with E-state index < -0.39 is 0 Å². The van der Waals surface area contributed by atoms with E-state index in [2.05, 4.69) is 13.8 Å². The van der Waals surface area contributed by atoms with Gasteiger partial charge in [-0.05, 0) is 23.6 Å². The topological polar surface area (TPSA) is 26.3 Å². The van der Waals surface area contributed by atoms with E-state index in [9.17, 15) is 4.79 Å². The van der Waals surface area contributed by atoms with Gasteiger partial charge in [0.2, 0.25) is 5.12 Å². The molecule has 0 heterocycles. The van der Waals surface area contributed by atoms with Crippen molar-refractivity contribution in [2.75, 3.05) is 5.75 Å². The smallest absolute Gasteiger partial charge is 0.223 e. The molecule has 0 bridgehead atoms. The molecule has 110 valence electrons. The summed E-state index contributed by atoms with van der Waals surface area (Å²) in [6.07, 6.45) is 0. The SMILES string of the molecule is CC(C)CSC(=O)c1ccccc1OCc1ccccc1. The molecule has 0 saturated heterocycles. The van der Waals surface area contributed by atoms with Crippen molar-refractivity contribution in [3.8, 4) is 5.75 Å². The summed E-state index contributed by atoms with van der Waals surface area (Å²) in [5.41, 5.74) is 1.74. The number of ether oxygens (including phenoxy) is 1. The number of para-hydroxylation sites is 1. The third kappa shape index (κ3) is 4.94. The summed E-state index contributed by atoms with van der Waals surface area (Å²) in [4.78, 5) is 12.3. The van der Waals surface area contributed by atoms with Crippen LogP contribution >= 0.6 is 11.8 Å². The number of carbonyl (C=O) groups excluding carboxylic acids is 1. The largest absolute Gasteiger partial charge is 0.488 e. The van der Waals surface area contributed by atoms with Crippen LogP contribution in [0.1, 0.15) is 29.8 Å². The molecule has 2 aromatic rings. The highest BCUT2D eigenvalue weighted by Gasteiger charge is 2.13. The summed E-state index contributed by atoms with van der Waals surface area (Å²) >= 11 is 1.35. The van der Waals surface area contributed by atoms with Crippen molar-refractivity contribution in [3.63, 3.8) is 0 Å². The van der Waals surface area contributed by atoms with Gasteiger partial charge in [0, 0.05) is 5.75 Å². The second-order valence-corrected chi connectivity index (χ2v) is 6.26. The van der Waals surface area contributed by atoms with Crippen LogP contribution in [0.4, 0.5) is 0 Å². The zero-order chi connectivity index (χ0) is 15.1. The number of hydrogen-bond donors (Lipinski definition) is 0. The predicted molar refractivity (Wildman–Crippen MR) is 88.8 cm³/mol. The lowest BCUT2D eigenvalue weighted by molar-refractivity contribution is 0.108. The first-order chi connectivity index (χ1) is 10.2. The highest BCUT2D eigenvalue weighted by molar-refractivity contribution is 8.14. The first-order valence-corrected chi connectivity index (χ1v) is 8.08. The fourth-order valence-electron chi connectivity index (χ4n) is 1.82. The van der Waals surface area contributed by atoms with E-state index in [1.54, 1.807) is 0 Å². The Labute approximate surface area is 130 Å². The van der Waals surface area contributed by atoms with Gasteiger partial charge in [0.15, 0.2) is 0 Å². The average Bonchev–Trinajstić information content (AvgIpc) is 2.52. The summed E-state index contributed by atoms with van der Waals surface area (Å²) in [6, 6.07) is 17.4. The average molecular weight is 300 g/mol. The van der Waals surface area contributed by atoms with Crippen LogP contribution in [0.25, 0.3) is 0 Å². The molecular weight excluding hydrogens is 280 g/mol. The van der Waals surface area contributed by atoms with Crippen LogP contribution in [-0.4, -0.2) is 10.9 Å². The monoisotopic (exact) mass is 300 g/mol. The molecule has 0 N–H and O–H groups in total. The molecule has 3 heteroatoms. The van der Waals surface area contributed by atoms with Crippen molar-refractivity contribution in [2.24, 2.45) is 5.92 Å². The lowest BCUT2D eigenvalue weighted by Crippen LogP contribution is -2.03. The van der Waals surface area contributed by atoms with Crippen molar-refractivity contribution in [3.05, 3.63) is 65.7 Å². The van der Waals surface area contributed by atoms with Gasteiger partial charge in [-0.2, -0.15) is 0 Å². The van der Waals surface area contributed by atoms with E-state index in [4.69, 9.17) is 4.74 Å². The van der Waals surface area contributed by atoms with Crippen LogP contribution in [0, 0.1) is 5.92 Å². The lowest BCUT2D eigenvalue weighted by Gasteiger charge is -2.11. The molecule has 0 aliphatic rings. The van der Waals surface area contributed by atoms with Crippen LogP contribution in [0.3, 0.4) is 0 Å². The van der Waals surface area contributed by atoms with Crippen LogP contribution in [0.15, 0.2) is 54.6 Å². The van der Waals surface area contributed by atoms with E-state index >= 15 is 0 Å². The summed E-state index contributed by atoms with van der Waals surface area (Å²) in [6.45, 7) is 4.69. The molecule has 0 aromatic heterocycles. The summed E-state index contributed by atoms with van der Waals surface area (Å²) < 4.78 is 5.82. The Kier molecular flexibility index (Phi) is 5.88. The van der Waals surface area contributed by atoms with E-state index in [1.807, 2.05) is 54.6 Å². The Hall–Kier alpha value is -1.74. The summed E-state index contributed by atoms with van der Waals surface area (Å²) in [5, 5.41) is 0.0763. The maximum atomic E-state index is 12.3. The molecule has 21 heavy (non-hydrogen) atoms. The maximum Gasteiger partial charge on any atom is 0.223 e. The van der Waals surface area contributed by atoms with Gasteiger partial charge < -0.3 is 4.74 Å². The van der Waals surface area contributed by atoms with Gasteiger partial charge in [-0.25, -0.2) is 0 Å². The molecule has 0 fully saturated rings. The van der Waals surface area contributed by atoms with E-state index in [0.29, 0.717) is 23.8 Å². The normalized spacial score (nSPS) is 10.6. The predicted octanol–water partition coefficient (Wildman–Crippen LogP) is 4.80. The Morgan fingerprint density at radius 1 is 1.05 bits per heavy atom. The molecule has 0 saturated carbocycles. The Morgan fingerprint density at radius 3 is 2.43 bits per heavy atom. The van der Waals surface area contributed by atoms with Crippen molar-refractivity contribution in [1.29, 1.82) is 0 Å². The van der Waals surface area contributed by atoms with Crippen LogP contribution in [0.5, 0.6) is 5.75 Å². The minimum Gasteiger partial charge on any atom is -0.488 e. The van der Waals surface area contributed by atoms with Crippen LogP contribution < -0.4 is 4.74 Å². The fourth-order valence-corrected chi connectivity index (χ4v) is 2.63. The maximum absolute atomic E-state index is 12.3. The molecule has 0 amide bonds. The molecule has 2 rings (SSSR count).